The van der Waals surface area contributed by atoms with Crippen LogP contribution in [0.4, 0.5) is 8.78 Å². The molecule has 1 amide bonds. The lowest BCUT2D eigenvalue weighted by Crippen LogP contribution is -2.45. The van der Waals surface area contributed by atoms with Crippen molar-refractivity contribution in [3.8, 4) is 11.1 Å². The molecule has 2 aromatic rings. The average Bonchev–Trinajstić information content (AvgIpc) is 2.97. The number of carbonyl (C=O) groups is 2. The van der Waals surface area contributed by atoms with Crippen LogP contribution in [0.5, 0.6) is 0 Å². The number of ketones is 1. The summed E-state index contributed by atoms with van der Waals surface area (Å²) >= 11 is 1.10. The highest BCUT2D eigenvalue weighted by molar-refractivity contribution is 7.10. The standard InChI is InChI=1S/C18H17F2NO3S/c1-10(22)12-3-2-11(8-14(12)19)13-9-25-16(15(13)20)18(17(21)23)4-6-24-7-5-18/h2-3,8-9H,4-7H2,1H3,(H2,21,23). The fraction of sp³-hybridized carbons (Fsp3) is 0.333. The molecule has 0 atom stereocenters. The van der Waals surface area contributed by atoms with Crippen molar-refractivity contribution in [3.63, 3.8) is 0 Å². The van der Waals surface area contributed by atoms with Gasteiger partial charge in [0.1, 0.15) is 11.6 Å². The van der Waals surface area contributed by atoms with E-state index in [0.717, 1.165) is 17.4 Å². The van der Waals surface area contributed by atoms with Crippen molar-refractivity contribution < 1.29 is 23.1 Å². The molecule has 2 N–H and O–H groups in total. The number of halogens is 2. The first-order valence-electron chi connectivity index (χ1n) is 7.83. The summed E-state index contributed by atoms with van der Waals surface area (Å²) < 4.78 is 34.4. The lowest BCUT2D eigenvalue weighted by molar-refractivity contribution is -0.127. The zero-order chi connectivity index (χ0) is 18.2. The van der Waals surface area contributed by atoms with Crippen LogP contribution in [0.25, 0.3) is 11.1 Å². The number of rotatable bonds is 4. The Morgan fingerprint density at radius 3 is 2.48 bits per heavy atom. The maximum Gasteiger partial charge on any atom is 0.229 e. The minimum Gasteiger partial charge on any atom is -0.381 e. The number of amides is 1. The smallest absolute Gasteiger partial charge is 0.229 e. The van der Waals surface area contributed by atoms with Crippen molar-refractivity contribution in [3.05, 3.63) is 45.7 Å². The fourth-order valence-electron chi connectivity index (χ4n) is 3.13. The lowest BCUT2D eigenvalue weighted by atomic mass is 9.77. The van der Waals surface area contributed by atoms with Crippen molar-refractivity contribution in [1.82, 2.24) is 0 Å². The molecule has 1 saturated heterocycles. The summed E-state index contributed by atoms with van der Waals surface area (Å²) in [5.74, 6) is -2.25. The van der Waals surface area contributed by atoms with Crippen LogP contribution in [-0.2, 0) is 14.9 Å². The maximum atomic E-state index is 15.1. The second-order valence-electron chi connectivity index (χ2n) is 6.10. The molecule has 4 nitrogen and oxygen atoms in total. The van der Waals surface area contributed by atoms with Crippen LogP contribution in [0.1, 0.15) is 35.0 Å². The summed E-state index contributed by atoms with van der Waals surface area (Å²) in [4.78, 5) is 23.6. The maximum absolute atomic E-state index is 15.1. The van der Waals surface area contributed by atoms with Crippen molar-refractivity contribution >= 4 is 23.0 Å². The van der Waals surface area contributed by atoms with Crippen LogP contribution in [0.2, 0.25) is 0 Å². The molecule has 1 aliphatic heterocycles. The average molecular weight is 365 g/mol. The molecule has 1 aromatic carbocycles. The van der Waals surface area contributed by atoms with E-state index in [1.54, 1.807) is 5.38 Å². The fourth-order valence-corrected chi connectivity index (χ4v) is 4.35. The zero-order valence-electron chi connectivity index (χ0n) is 13.6. The molecule has 1 fully saturated rings. The van der Waals surface area contributed by atoms with Gasteiger partial charge in [0.15, 0.2) is 5.78 Å². The van der Waals surface area contributed by atoms with Gasteiger partial charge in [-0.05, 0) is 37.5 Å². The minimum absolute atomic E-state index is 0.0438. The third-order valence-electron chi connectivity index (χ3n) is 4.64. The van der Waals surface area contributed by atoms with Gasteiger partial charge in [-0.25, -0.2) is 8.78 Å². The molecule has 1 aliphatic rings. The van der Waals surface area contributed by atoms with E-state index < -0.39 is 28.7 Å². The summed E-state index contributed by atoms with van der Waals surface area (Å²) in [7, 11) is 0. The molecule has 0 bridgehead atoms. The van der Waals surface area contributed by atoms with Gasteiger partial charge in [-0.2, -0.15) is 0 Å². The lowest BCUT2D eigenvalue weighted by Gasteiger charge is -2.33. The second-order valence-corrected chi connectivity index (χ2v) is 6.98. The van der Waals surface area contributed by atoms with Crippen LogP contribution in [0.15, 0.2) is 23.6 Å². The van der Waals surface area contributed by atoms with E-state index in [4.69, 9.17) is 10.5 Å². The number of hydrogen-bond donors (Lipinski definition) is 1. The van der Waals surface area contributed by atoms with Gasteiger partial charge in [0.05, 0.1) is 15.9 Å². The topological polar surface area (TPSA) is 69.4 Å². The number of nitrogens with two attached hydrogens (primary N) is 1. The number of Topliss-reactive ketones (excluding diaryl/α,β-unsaturated/α-hetero) is 1. The van der Waals surface area contributed by atoms with Crippen LogP contribution >= 0.6 is 11.3 Å². The molecular formula is C18H17F2NO3S. The molecule has 0 aliphatic carbocycles. The Morgan fingerprint density at radius 1 is 1.24 bits per heavy atom. The Labute approximate surface area is 147 Å². The highest BCUT2D eigenvalue weighted by Gasteiger charge is 2.44. The largest absolute Gasteiger partial charge is 0.381 e. The van der Waals surface area contributed by atoms with Gasteiger partial charge in [-0.15, -0.1) is 11.3 Å². The molecule has 2 heterocycles. The Balaban J connectivity index is 2.05. The van der Waals surface area contributed by atoms with Gasteiger partial charge >= 0.3 is 0 Å². The van der Waals surface area contributed by atoms with Crippen LogP contribution in [0, 0.1) is 11.6 Å². The summed E-state index contributed by atoms with van der Waals surface area (Å²) in [5.41, 5.74) is 4.95. The second kappa shape index (κ2) is 6.65. The summed E-state index contributed by atoms with van der Waals surface area (Å²) in [6.07, 6.45) is 0.633. The highest BCUT2D eigenvalue weighted by Crippen LogP contribution is 2.43. The third-order valence-corrected chi connectivity index (χ3v) is 5.80. The predicted molar refractivity (Wildman–Crippen MR) is 90.6 cm³/mol. The number of primary amides is 1. The van der Waals surface area contributed by atoms with Gasteiger partial charge < -0.3 is 10.5 Å². The zero-order valence-corrected chi connectivity index (χ0v) is 14.4. The van der Waals surface area contributed by atoms with E-state index in [0.29, 0.717) is 31.6 Å². The Hall–Kier alpha value is -2.12. The van der Waals surface area contributed by atoms with Crippen molar-refractivity contribution in [2.24, 2.45) is 5.73 Å². The first-order chi connectivity index (χ1) is 11.9. The van der Waals surface area contributed by atoms with Crippen LogP contribution in [-0.4, -0.2) is 24.9 Å². The number of thiophene rings is 1. The molecule has 0 saturated carbocycles. The Kier molecular flexibility index (Phi) is 4.71. The summed E-state index contributed by atoms with van der Waals surface area (Å²) in [6, 6.07) is 3.96. The quantitative estimate of drug-likeness (QED) is 0.844. The molecule has 1 aromatic heterocycles. The molecule has 0 radical (unpaired) electrons. The third kappa shape index (κ3) is 2.98. The van der Waals surface area contributed by atoms with Crippen LogP contribution < -0.4 is 5.73 Å². The van der Waals surface area contributed by atoms with E-state index in [-0.39, 0.29) is 16.0 Å². The van der Waals surface area contributed by atoms with E-state index in [1.165, 1.54) is 19.1 Å². The van der Waals surface area contributed by atoms with Crippen molar-refractivity contribution in [2.75, 3.05) is 13.2 Å². The first kappa shape index (κ1) is 17.7. The SMILES string of the molecule is CC(=O)c1ccc(-c2csc(C3(C(N)=O)CCOCC3)c2F)cc1F. The Morgan fingerprint density at radius 2 is 1.92 bits per heavy atom. The van der Waals surface area contributed by atoms with E-state index >= 15 is 4.39 Å². The van der Waals surface area contributed by atoms with Gasteiger partial charge in [-0.1, -0.05) is 6.07 Å². The van der Waals surface area contributed by atoms with Gasteiger partial charge in [0.25, 0.3) is 0 Å². The molecule has 7 heteroatoms. The van der Waals surface area contributed by atoms with Crippen molar-refractivity contribution in [1.29, 1.82) is 0 Å². The predicted octanol–water partition coefficient (Wildman–Crippen LogP) is 3.43. The van der Waals surface area contributed by atoms with Gasteiger partial charge in [-0.3, -0.25) is 9.59 Å². The van der Waals surface area contributed by atoms with Gasteiger partial charge in [0, 0.05) is 24.2 Å². The number of benzene rings is 1. The van der Waals surface area contributed by atoms with Crippen LogP contribution in [0.3, 0.4) is 0 Å². The Bertz CT molecular complexity index is 841. The van der Waals surface area contributed by atoms with E-state index in [9.17, 15) is 14.0 Å². The first-order valence-corrected chi connectivity index (χ1v) is 8.71. The number of ether oxygens (including phenoxy) is 1. The number of carbonyl (C=O) groups excluding carboxylic acids is 2. The summed E-state index contributed by atoms with van der Waals surface area (Å²) in [6.45, 7) is 1.93. The minimum atomic E-state index is -1.09. The normalized spacial score (nSPS) is 16.6. The molecule has 0 spiro atoms. The van der Waals surface area contributed by atoms with E-state index in [1.807, 2.05) is 0 Å². The molecular weight excluding hydrogens is 348 g/mol. The highest BCUT2D eigenvalue weighted by atomic mass is 32.1. The summed E-state index contributed by atoms with van der Waals surface area (Å²) in [5, 5.41) is 1.55. The van der Waals surface area contributed by atoms with Gasteiger partial charge in [0.2, 0.25) is 5.91 Å². The number of hydrogen-bond acceptors (Lipinski definition) is 4. The van der Waals surface area contributed by atoms with Crippen molar-refractivity contribution in [2.45, 2.75) is 25.2 Å². The van der Waals surface area contributed by atoms with E-state index in [2.05, 4.69) is 0 Å². The molecule has 25 heavy (non-hydrogen) atoms. The molecule has 0 unspecified atom stereocenters. The molecule has 3 rings (SSSR count). The monoisotopic (exact) mass is 365 g/mol. The molecule has 132 valence electrons.